The van der Waals surface area contributed by atoms with Crippen LogP contribution < -0.4 is 10.6 Å². The van der Waals surface area contributed by atoms with Gasteiger partial charge in [-0.05, 0) is 37.7 Å². The van der Waals surface area contributed by atoms with Crippen LogP contribution in [0.4, 0.5) is 20.6 Å². The Kier molecular flexibility index (Phi) is 5.78. The maximum Gasteiger partial charge on any atom is 0.323 e. The molecule has 0 radical (unpaired) electrons. The summed E-state index contributed by atoms with van der Waals surface area (Å²) < 4.78 is 41.4. The van der Waals surface area contributed by atoms with E-state index < -0.39 is 32.5 Å². The van der Waals surface area contributed by atoms with Crippen LogP contribution in [0.5, 0.6) is 5.75 Å². The number of carbonyl (C=O) groups excluding carboxylic acids is 1. The number of anilines is 2. The van der Waals surface area contributed by atoms with Gasteiger partial charge in [-0.1, -0.05) is 29.3 Å². The van der Waals surface area contributed by atoms with Gasteiger partial charge in [-0.3, -0.25) is 0 Å². The van der Waals surface area contributed by atoms with Gasteiger partial charge in [0, 0.05) is 25.2 Å². The molecule has 0 aromatic heterocycles. The number of sulfonamides is 1. The number of likely N-dealkylation sites (tertiary alicyclic amines) is 1. The molecule has 2 bridgehead atoms. The van der Waals surface area contributed by atoms with E-state index in [0.717, 1.165) is 6.07 Å². The number of hydrogen-bond acceptors (Lipinski definition) is 5. The number of hydrogen-bond donors (Lipinski definition) is 3. The number of rotatable bonds is 4. The maximum atomic E-state index is 13.6. The van der Waals surface area contributed by atoms with Crippen LogP contribution >= 0.6 is 23.2 Å². The number of nitrogens with zero attached hydrogens (tertiary/aromatic N) is 2. The van der Waals surface area contributed by atoms with Crippen molar-refractivity contribution in [3.05, 3.63) is 46.2 Å². The van der Waals surface area contributed by atoms with Crippen molar-refractivity contribution in [1.82, 2.24) is 9.21 Å². The first-order valence-corrected chi connectivity index (χ1v) is 11.5. The van der Waals surface area contributed by atoms with E-state index in [-0.39, 0.29) is 33.5 Å². The fourth-order valence-corrected chi connectivity index (χ4v) is 6.45. The highest BCUT2D eigenvalue weighted by atomic mass is 35.5. The summed E-state index contributed by atoms with van der Waals surface area (Å²) in [5.41, 5.74) is -0.160. The Hall–Kier alpha value is -2.11. The van der Waals surface area contributed by atoms with Gasteiger partial charge in [-0.15, -0.1) is 0 Å². The van der Waals surface area contributed by atoms with Gasteiger partial charge < -0.3 is 20.6 Å². The van der Waals surface area contributed by atoms with Crippen LogP contribution in [-0.2, 0) is 10.0 Å². The number of amides is 2. The second-order valence-electron chi connectivity index (χ2n) is 7.51. The van der Waals surface area contributed by atoms with Gasteiger partial charge in [-0.2, -0.15) is 4.31 Å². The summed E-state index contributed by atoms with van der Waals surface area (Å²) >= 11 is 12.0. The van der Waals surface area contributed by atoms with E-state index in [2.05, 4.69) is 15.5 Å². The molecular formula is C19H19Cl2FN4O4S. The Labute approximate surface area is 188 Å². The van der Waals surface area contributed by atoms with Crippen LogP contribution in [0, 0.1) is 5.82 Å². The summed E-state index contributed by atoms with van der Waals surface area (Å²) in [6.07, 6.45) is 0.711. The second kappa shape index (κ2) is 8.10. The zero-order chi connectivity index (χ0) is 22.5. The Balaban J connectivity index is 1.59. The number of nitrogens with one attached hydrogen (secondary N) is 2. The third-order valence-electron chi connectivity index (χ3n) is 5.56. The number of halogens is 3. The van der Waals surface area contributed by atoms with Crippen molar-refractivity contribution >= 4 is 50.6 Å². The highest BCUT2D eigenvalue weighted by Crippen LogP contribution is 2.42. The molecule has 8 nitrogen and oxygen atoms in total. The molecule has 0 unspecified atom stereocenters. The number of carbonyl (C=O) groups is 1. The van der Waals surface area contributed by atoms with E-state index in [1.165, 1.54) is 28.6 Å². The molecule has 2 aliphatic rings. The standard InChI is InChI=1S/C19H19Cl2FN4O4S/c1-25-8-11-7-10(25)9-26(11)31(29,30)18-12(20)5-6-15(17(18)27)24-19(28)23-14-4-2-3-13(22)16(14)21/h2-6,10-11,27H,7-9H2,1H3,(H2,23,24,28)/t10-,11-/m0/s1. The van der Waals surface area contributed by atoms with Crippen molar-refractivity contribution in [1.29, 1.82) is 0 Å². The summed E-state index contributed by atoms with van der Waals surface area (Å²) in [6, 6.07) is 5.50. The number of fused-ring (bicyclic) bond motifs is 2. The lowest BCUT2D eigenvalue weighted by atomic mass is 10.2. The smallest absolute Gasteiger partial charge is 0.323 e. The summed E-state index contributed by atoms with van der Waals surface area (Å²) in [5, 5.41) is 14.9. The van der Waals surface area contributed by atoms with Gasteiger partial charge in [0.25, 0.3) is 0 Å². The summed E-state index contributed by atoms with van der Waals surface area (Å²) in [6.45, 7) is 0.895. The molecule has 12 heteroatoms. The molecule has 2 atom stereocenters. The van der Waals surface area contributed by atoms with E-state index in [9.17, 15) is 22.7 Å². The van der Waals surface area contributed by atoms with E-state index in [1.54, 1.807) is 0 Å². The normalized spacial score (nSPS) is 21.4. The fourth-order valence-electron chi connectivity index (χ4n) is 4.01. The van der Waals surface area contributed by atoms with Crippen molar-refractivity contribution in [2.24, 2.45) is 0 Å². The molecule has 2 saturated heterocycles. The lowest BCUT2D eigenvalue weighted by molar-refractivity contribution is 0.216. The Morgan fingerprint density at radius 1 is 1.13 bits per heavy atom. The molecule has 4 rings (SSSR count). The van der Waals surface area contributed by atoms with Crippen molar-refractivity contribution in [3.8, 4) is 5.75 Å². The van der Waals surface area contributed by atoms with Crippen molar-refractivity contribution < 1.29 is 22.7 Å². The van der Waals surface area contributed by atoms with Crippen LogP contribution in [0.1, 0.15) is 6.42 Å². The van der Waals surface area contributed by atoms with Crippen LogP contribution in [0.15, 0.2) is 35.2 Å². The topological polar surface area (TPSA) is 102 Å². The number of aromatic hydroxyl groups is 1. The number of benzene rings is 2. The van der Waals surface area contributed by atoms with E-state index in [0.29, 0.717) is 19.5 Å². The monoisotopic (exact) mass is 488 g/mol. The Morgan fingerprint density at radius 2 is 1.84 bits per heavy atom. The Morgan fingerprint density at radius 3 is 2.48 bits per heavy atom. The molecule has 2 amide bonds. The third kappa shape index (κ3) is 3.94. The summed E-state index contributed by atoms with van der Waals surface area (Å²) in [4.78, 5) is 14.0. The predicted octanol–water partition coefficient (Wildman–Crippen LogP) is 3.56. The first kappa shape index (κ1) is 22.1. The molecule has 0 aliphatic carbocycles. The average Bonchev–Trinajstić information content (AvgIpc) is 3.27. The summed E-state index contributed by atoms with van der Waals surface area (Å²) in [5.74, 6) is -1.39. The minimum absolute atomic E-state index is 0.0117. The van der Waals surface area contributed by atoms with Crippen molar-refractivity contribution in [2.75, 3.05) is 30.8 Å². The molecule has 2 fully saturated rings. The third-order valence-corrected chi connectivity index (χ3v) is 8.37. The number of urea groups is 1. The molecule has 0 spiro atoms. The van der Waals surface area contributed by atoms with E-state index in [1.807, 2.05) is 7.05 Å². The molecule has 31 heavy (non-hydrogen) atoms. The number of phenols is 1. The lowest BCUT2D eigenvalue weighted by Crippen LogP contribution is -2.47. The molecule has 2 heterocycles. The zero-order valence-electron chi connectivity index (χ0n) is 16.3. The summed E-state index contributed by atoms with van der Waals surface area (Å²) in [7, 11) is -2.16. The van der Waals surface area contributed by atoms with Crippen LogP contribution in [0.3, 0.4) is 0 Å². The molecule has 2 aliphatic heterocycles. The van der Waals surface area contributed by atoms with Crippen LogP contribution in [0.25, 0.3) is 0 Å². The fraction of sp³-hybridized carbons (Fsp3) is 0.316. The van der Waals surface area contributed by atoms with Crippen LogP contribution in [0.2, 0.25) is 10.0 Å². The van der Waals surface area contributed by atoms with E-state index in [4.69, 9.17) is 23.2 Å². The largest absolute Gasteiger partial charge is 0.504 e. The minimum Gasteiger partial charge on any atom is -0.504 e. The second-order valence-corrected chi connectivity index (χ2v) is 10.1. The van der Waals surface area contributed by atoms with Gasteiger partial charge in [0.1, 0.15) is 10.7 Å². The first-order chi connectivity index (χ1) is 14.6. The quantitative estimate of drug-likeness (QED) is 0.571. The van der Waals surface area contributed by atoms with E-state index >= 15 is 0 Å². The van der Waals surface area contributed by atoms with Gasteiger partial charge >= 0.3 is 6.03 Å². The predicted molar refractivity (Wildman–Crippen MR) is 116 cm³/mol. The number of piperazine rings is 1. The SMILES string of the molecule is CN1C[C@@H]2C[C@H]1CN2S(=O)(=O)c1c(Cl)ccc(NC(=O)Nc2cccc(F)c2Cl)c1O. The van der Waals surface area contributed by atoms with Crippen LogP contribution in [-0.4, -0.2) is 61.0 Å². The Bertz CT molecular complexity index is 1160. The first-order valence-electron chi connectivity index (χ1n) is 9.35. The molecular weight excluding hydrogens is 470 g/mol. The molecule has 0 saturated carbocycles. The maximum absolute atomic E-state index is 13.6. The number of likely N-dealkylation sites (N-methyl/N-ethyl adjacent to an activating group) is 1. The average molecular weight is 489 g/mol. The van der Waals surface area contributed by atoms with Crippen molar-refractivity contribution in [3.63, 3.8) is 0 Å². The molecule has 166 valence electrons. The molecule has 2 aromatic rings. The zero-order valence-corrected chi connectivity index (χ0v) is 18.6. The number of phenolic OH excluding ortho intramolecular Hbond substituents is 1. The van der Waals surface area contributed by atoms with Gasteiger partial charge in [0.2, 0.25) is 10.0 Å². The lowest BCUT2D eigenvalue weighted by Gasteiger charge is -2.31. The highest BCUT2D eigenvalue weighted by molar-refractivity contribution is 7.89. The van der Waals surface area contributed by atoms with Crippen molar-refractivity contribution in [2.45, 2.75) is 23.4 Å². The van der Waals surface area contributed by atoms with Gasteiger partial charge in [0.15, 0.2) is 5.75 Å². The van der Waals surface area contributed by atoms with Gasteiger partial charge in [0.05, 0.1) is 21.4 Å². The highest BCUT2D eigenvalue weighted by Gasteiger charge is 2.48. The minimum atomic E-state index is -4.10. The molecule has 3 N–H and O–H groups in total. The van der Waals surface area contributed by atoms with Gasteiger partial charge in [-0.25, -0.2) is 17.6 Å². The molecule has 2 aromatic carbocycles.